The monoisotopic (exact) mass is 327 g/mol. The van der Waals surface area contributed by atoms with Crippen molar-refractivity contribution in [2.75, 3.05) is 0 Å². The van der Waals surface area contributed by atoms with E-state index in [1.807, 2.05) is 39.5 Å². The first-order valence-electron chi connectivity index (χ1n) is 8.60. The van der Waals surface area contributed by atoms with E-state index in [0.717, 1.165) is 25.7 Å². The molecule has 0 saturated heterocycles. The second-order valence-corrected chi connectivity index (χ2v) is 7.73. The maximum absolute atomic E-state index is 12.5. The Hall–Kier alpha value is -1.30. The number of hydrogen-bond donors (Lipinski definition) is 2. The van der Waals surface area contributed by atoms with Crippen molar-refractivity contribution in [3.05, 3.63) is 0 Å². The largest absolute Gasteiger partial charge is 0.444 e. The molecule has 1 aliphatic carbocycles. The molecule has 0 aromatic heterocycles. The van der Waals surface area contributed by atoms with Gasteiger partial charge in [0.2, 0.25) is 5.91 Å². The molecule has 1 saturated carbocycles. The maximum atomic E-state index is 12.5. The lowest BCUT2D eigenvalue weighted by Crippen LogP contribution is -2.59. The fraction of sp³-hybridized carbons (Fsp3) is 0.882. The second kappa shape index (κ2) is 7.99. The maximum Gasteiger partial charge on any atom is 0.407 e. The van der Waals surface area contributed by atoms with Gasteiger partial charge in [0, 0.05) is 6.04 Å². The lowest BCUT2D eigenvalue weighted by atomic mass is 9.88. The summed E-state index contributed by atoms with van der Waals surface area (Å²) < 4.78 is 5.36. The Labute approximate surface area is 140 Å². The molecular formula is C17H33N3O3. The van der Waals surface area contributed by atoms with Gasteiger partial charge in [-0.15, -0.1) is 0 Å². The van der Waals surface area contributed by atoms with Crippen molar-refractivity contribution in [2.45, 2.75) is 97.0 Å². The minimum atomic E-state index is -0.540. The highest BCUT2D eigenvalue weighted by Crippen LogP contribution is 2.26. The molecule has 0 aromatic rings. The third-order valence-electron chi connectivity index (χ3n) is 3.99. The van der Waals surface area contributed by atoms with Crippen LogP contribution < -0.4 is 11.1 Å². The van der Waals surface area contributed by atoms with E-state index in [9.17, 15) is 9.59 Å². The van der Waals surface area contributed by atoms with Crippen LogP contribution in [0.15, 0.2) is 0 Å². The zero-order valence-corrected chi connectivity index (χ0v) is 15.4. The van der Waals surface area contributed by atoms with E-state index in [-0.39, 0.29) is 24.0 Å². The molecule has 3 atom stereocenters. The van der Waals surface area contributed by atoms with Gasteiger partial charge in [0.15, 0.2) is 0 Å². The fourth-order valence-electron chi connectivity index (χ4n) is 3.11. The molecule has 0 radical (unpaired) electrons. The van der Waals surface area contributed by atoms with Gasteiger partial charge in [-0.3, -0.25) is 4.79 Å². The average Bonchev–Trinajstić information content (AvgIpc) is 2.38. The zero-order chi connectivity index (χ0) is 17.8. The van der Waals surface area contributed by atoms with Crippen molar-refractivity contribution in [2.24, 2.45) is 5.73 Å². The van der Waals surface area contributed by atoms with Gasteiger partial charge in [-0.1, -0.05) is 12.8 Å². The summed E-state index contributed by atoms with van der Waals surface area (Å²) in [6.07, 6.45) is 3.38. The topological polar surface area (TPSA) is 84.7 Å². The van der Waals surface area contributed by atoms with E-state index in [1.165, 1.54) is 0 Å². The van der Waals surface area contributed by atoms with Crippen LogP contribution >= 0.6 is 0 Å². The van der Waals surface area contributed by atoms with Crippen molar-refractivity contribution in [3.8, 4) is 0 Å². The third kappa shape index (κ3) is 6.01. The Kier molecular flexibility index (Phi) is 6.86. The van der Waals surface area contributed by atoms with Gasteiger partial charge in [-0.05, 0) is 54.4 Å². The van der Waals surface area contributed by atoms with Crippen molar-refractivity contribution in [1.82, 2.24) is 10.2 Å². The summed E-state index contributed by atoms with van der Waals surface area (Å²) in [5, 5.41) is 2.96. The number of ether oxygens (including phenoxy) is 1. The van der Waals surface area contributed by atoms with Crippen LogP contribution in [-0.4, -0.2) is 46.7 Å². The smallest absolute Gasteiger partial charge is 0.407 e. The predicted molar refractivity (Wildman–Crippen MR) is 91.0 cm³/mol. The van der Waals surface area contributed by atoms with Crippen LogP contribution in [0.3, 0.4) is 0 Å². The molecule has 134 valence electrons. The summed E-state index contributed by atoms with van der Waals surface area (Å²) in [5.74, 6) is -0.0668. The van der Waals surface area contributed by atoms with Gasteiger partial charge < -0.3 is 20.7 Å². The molecule has 0 heterocycles. The number of nitrogens with one attached hydrogen (secondary N) is 1. The first kappa shape index (κ1) is 19.7. The number of alkyl carbamates (subject to hydrolysis) is 1. The Morgan fingerprint density at radius 2 is 1.74 bits per heavy atom. The lowest BCUT2D eigenvalue weighted by molar-refractivity contribution is -0.138. The predicted octanol–water partition coefficient (Wildman–Crippen LogP) is 2.41. The zero-order valence-electron chi connectivity index (χ0n) is 15.4. The number of amides is 2. The van der Waals surface area contributed by atoms with Crippen LogP contribution in [-0.2, 0) is 9.53 Å². The van der Waals surface area contributed by atoms with Gasteiger partial charge >= 0.3 is 6.09 Å². The van der Waals surface area contributed by atoms with Crippen LogP contribution in [0, 0.1) is 0 Å². The molecule has 3 N–H and O–H groups in total. The highest BCUT2D eigenvalue weighted by Gasteiger charge is 2.36. The van der Waals surface area contributed by atoms with Gasteiger partial charge in [-0.25, -0.2) is 4.79 Å². The fourth-order valence-corrected chi connectivity index (χ4v) is 3.11. The van der Waals surface area contributed by atoms with Crippen molar-refractivity contribution < 1.29 is 14.3 Å². The highest BCUT2D eigenvalue weighted by atomic mass is 16.6. The molecular weight excluding hydrogens is 294 g/mol. The first-order chi connectivity index (χ1) is 10.5. The van der Waals surface area contributed by atoms with Crippen LogP contribution in [0.1, 0.15) is 67.2 Å². The number of carbonyl (C=O) groups excluding carboxylic acids is 2. The average molecular weight is 327 g/mol. The van der Waals surface area contributed by atoms with Crippen molar-refractivity contribution in [1.29, 1.82) is 0 Å². The van der Waals surface area contributed by atoms with Crippen molar-refractivity contribution in [3.63, 3.8) is 0 Å². The van der Waals surface area contributed by atoms with E-state index < -0.39 is 17.7 Å². The van der Waals surface area contributed by atoms with E-state index in [1.54, 1.807) is 6.92 Å². The number of nitrogens with zero attached hydrogens (tertiary/aromatic N) is 1. The minimum Gasteiger partial charge on any atom is -0.444 e. The highest BCUT2D eigenvalue weighted by molar-refractivity contribution is 5.82. The molecule has 1 rings (SSSR count). The summed E-state index contributed by atoms with van der Waals surface area (Å²) in [4.78, 5) is 26.4. The van der Waals surface area contributed by atoms with Crippen LogP contribution in [0.4, 0.5) is 4.79 Å². The van der Waals surface area contributed by atoms with E-state index in [2.05, 4.69) is 5.32 Å². The Bertz CT molecular complexity index is 416. The normalized spacial score (nSPS) is 23.3. The van der Waals surface area contributed by atoms with E-state index >= 15 is 0 Å². The van der Waals surface area contributed by atoms with E-state index in [0.29, 0.717) is 0 Å². The summed E-state index contributed by atoms with van der Waals surface area (Å²) in [6.45, 7) is 11.2. The van der Waals surface area contributed by atoms with Crippen LogP contribution in [0.25, 0.3) is 0 Å². The number of rotatable bonds is 4. The molecule has 23 heavy (non-hydrogen) atoms. The molecule has 2 amide bonds. The van der Waals surface area contributed by atoms with Crippen LogP contribution in [0.2, 0.25) is 0 Å². The third-order valence-corrected chi connectivity index (χ3v) is 3.99. The van der Waals surface area contributed by atoms with Crippen molar-refractivity contribution >= 4 is 12.0 Å². The second-order valence-electron chi connectivity index (χ2n) is 7.73. The number of hydrogen-bond acceptors (Lipinski definition) is 4. The molecule has 0 unspecified atom stereocenters. The summed E-state index contributed by atoms with van der Waals surface area (Å²) in [6, 6.07) is -0.625. The van der Waals surface area contributed by atoms with Crippen LogP contribution in [0.5, 0.6) is 0 Å². The van der Waals surface area contributed by atoms with E-state index in [4.69, 9.17) is 10.5 Å². The molecule has 1 fully saturated rings. The SMILES string of the molecule is CC(C)N(C(=O)[C@H](C)N)[C@H]1CCCC[C@H]1NC(=O)OC(C)(C)C. The molecule has 0 bridgehead atoms. The Balaban J connectivity index is 2.87. The molecule has 1 aliphatic rings. The Morgan fingerprint density at radius 1 is 1.17 bits per heavy atom. The van der Waals surface area contributed by atoms with Gasteiger partial charge in [0.05, 0.1) is 18.1 Å². The standard InChI is InChI=1S/C17H33N3O3/c1-11(2)20(15(21)12(3)18)14-10-8-7-9-13(14)19-16(22)23-17(4,5)6/h11-14H,7-10,18H2,1-6H3,(H,19,22)/t12-,13+,14-/m0/s1. The number of carbonyl (C=O) groups is 2. The molecule has 0 aromatic carbocycles. The number of nitrogens with two attached hydrogens (primary N) is 1. The van der Waals surface area contributed by atoms with Gasteiger partial charge in [0.25, 0.3) is 0 Å². The molecule has 6 heteroatoms. The summed E-state index contributed by atoms with van der Waals surface area (Å²) in [7, 11) is 0. The molecule has 6 nitrogen and oxygen atoms in total. The summed E-state index contributed by atoms with van der Waals surface area (Å²) >= 11 is 0. The minimum absolute atomic E-state index is 0.0326. The van der Waals surface area contributed by atoms with Gasteiger partial charge in [-0.2, -0.15) is 0 Å². The lowest BCUT2D eigenvalue weighted by Gasteiger charge is -2.43. The molecule has 0 aliphatic heterocycles. The van der Waals surface area contributed by atoms with Gasteiger partial charge in [0.1, 0.15) is 5.60 Å². The Morgan fingerprint density at radius 3 is 2.22 bits per heavy atom. The summed E-state index contributed by atoms with van der Waals surface area (Å²) in [5.41, 5.74) is 5.27. The first-order valence-corrected chi connectivity index (χ1v) is 8.60. The quantitative estimate of drug-likeness (QED) is 0.830. The molecule has 0 spiro atoms.